The lowest BCUT2D eigenvalue weighted by molar-refractivity contribution is -0.135. The average Bonchev–Trinajstić information content (AvgIpc) is 3.07. The quantitative estimate of drug-likeness (QED) is 0.817. The van der Waals surface area contributed by atoms with Crippen LogP contribution in [0.4, 0.5) is 0 Å². The van der Waals surface area contributed by atoms with E-state index in [4.69, 9.17) is 9.05 Å². The molecule has 0 aliphatic carbocycles. The van der Waals surface area contributed by atoms with Gasteiger partial charge in [0, 0.05) is 12.8 Å². The third-order valence-corrected chi connectivity index (χ3v) is 6.40. The van der Waals surface area contributed by atoms with Crippen molar-refractivity contribution in [2.75, 3.05) is 0 Å². The number of carbonyl (C=O) groups excluding carboxylic acids is 2. The Hall–Kier alpha value is -2.27. The smallest absolute Gasteiger partial charge is 0.245 e. The molecular weight excluding hydrogens is 339 g/mol. The van der Waals surface area contributed by atoms with E-state index in [0.717, 1.165) is 11.1 Å². The highest BCUT2D eigenvalue weighted by Crippen LogP contribution is 2.61. The van der Waals surface area contributed by atoms with Crippen LogP contribution in [0.25, 0.3) is 0 Å². The molecule has 0 bridgehead atoms. The summed E-state index contributed by atoms with van der Waals surface area (Å²) < 4.78 is 10.9. The summed E-state index contributed by atoms with van der Waals surface area (Å²) in [7, 11) is -2.90. The molecule has 128 valence electrons. The molecule has 0 unspecified atom stereocenters. The molecule has 0 saturated carbocycles. The average molecular weight is 357 g/mol. The first-order valence-corrected chi connectivity index (χ1v) is 9.75. The van der Waals surface area contributed by atoms with Gasteiger partial charge in [0.1, 0.15) is 0 Å². The molecular formula is C18H18N2O4P+. The van der Waals surface area contributed by atoms with Crippen LogP contribution in [-0.2, 0) is 31.5 Å². The summed E-state index contributed by atoms with van der Waals surface area (Å²) in [5.74, 6) is -0.782. The molecule has 7 heteroatoms. The van der Waals surface area contributed by atoms with Crippen LogP contribution in [0.1, 0.15) is 11.1 Å². The molecule has 0 aromatic heterocycles. The normalized spacial score (nSPS) is 24.3. The standard InChI is InChI=1S/C18H18N2O4P/c21-17-15(11-13-7-3-1-4-8-13)19-25(23-17)20-16(18(22)24-25)12-14-9-5-2-6-10-14/h1-10,15-16,19-20H,11-12H2/q+1/t15-,16-,25?/m0/s1. The number of nitrogens with one attached hydrogen (secondary N) is 2. The molecule has 2 fully saturated rings. The van der Waals surface area contributed by atoms with Crippen molar-refractivity contribution >= 4 is 20.0 Å². The van der Waals surface area contributed by atoms with Crippen molar-refractivity contribution in [1.82, 2.24) is 10.2 Å². The highest BCUT2D eigenvalue weighted by atomic mass is 31.2. The van der Waals surface area contributed by atoms with Crippen molar-refractivity contribution in [2.45, 2.75) is 24.9 Å². The summed E-state index contributed by atoms with van der Waals surface area (Å²) in [5, 5.41) is 6.19. The van der Waals surface area contributed by atoms with E-state index in [9.17, 15) is 9.59 Å². The van der Waals surface area contributed by atoms with Gasteiger partial charge in [0.25, 0.3) is 0 Å². The maximum atomic E-state index is 12.2. The Kier molecular flexibility index (Phi) is 4.25. The van der Waals surface area contributed by atoms with Crippen LogP contribution in [-0.4, -0.2) is 24.0 Å². The molecule has 1 spiro atoms. The van der Waals surface area contributed by atoms with Gasteiger partial charge in [-0.1, -0.05) is 70.8 Å². The molecule has 2 aliphatic rings. The molecule has 2 heterocycles. The minimum absolute atomic E-state index is 0.391. The zero-order valence-electron chi connectivity index (χ0n) is 13.4. The van der Waals surface area contributed by atoms with Crippen molar-refractivity contribution in [3.05, 3.63) is 71.8 Å². The Labute approximate surface area is 146 Å². The lowest BCUT2D eigenvalue weighted by atomic mass is 10.1. The zero-order chi connectivity index (χ0) is 17.3. The van der Waals surface area contributed by atoms with Gasteiger partial charge in [-0.15, -0.1) is 0 Å². The topological polar surface area (TPSA) is 76.7 Å². The van der Waals surface area contributed by atoms with Crippen molar-refractivity contribution in [3.8, 4) is 0 Å². The fourth-order valence-corrected chi connectivity index (χ4v) is 5.31. The highest BCUT2D eigenvalue weighted by Gasteiger charge is 2.66. The van der Waals surface area contributed by atoms with Crippen LogP contribution < -0.4 is 10.2 Å². The molecule has 2 saturated heterocycles. The van der Waals surface area contributed by atoms with Crippen LogP contribution in [0.15, 0.2) is 60.7 Å². The summed E-state index contributed by atoms with van der Waals surface area (Å²) >= 11 is 0. The third-order valence-electron chi connectivity index (χ3n) is 4.22. The van der Waals surface area contributed by atoms with Crippen molar-refractivity contribution in [3.63, 3.8) is 0 Å². The molecule has 0 radical (unpaired) electrons. The monoisotopic (exact) mass is 357 g/mol. The van der Waals surface area contributed by atoms with Gasteiger partial charge < -0.3 is 0 Å². The Morgan fingerprint density at radius 1 is 0.720 bits per heavy atom. The van der Waals surface area contributed by atoms with Crippen LogP contribution >= 0.6 is 8.02 Å². The Bertz CT molecular complexity index is 717. The van der Waals surface area contributed by atoms with E-state index in [1.54, 1.807) is 0 Å². The van der Waals surface area contributed by atoms with Crippen LogP contribution in [0, 0.1) is 0 Å². The van der Waals surface area contributed by atoms with Gasteiger partial charge in [-0.2, -0.15) is 0 Å². The number of rotatable bonds is 4. The maximum absolute atomic E-state index is 12.2. The number of hydrogen-bond acceptors (Lipinski definition) is 6. The van der Waals surface area contributed by atoms with E-state index in [-0.39, 0.29) is 0 Å². The number of benzene rings is 2. The molecule has 0 amide bonds. The number of hydrogen-bond donors (Lipinski definition) is 2. The van der Waals surface area contributed by atoms with E-state index >= 15 is 0 Å². The molecule has 2 aliphatic heterocycles. The first-order valence-electron chi connectivity index (χ1n) is 8.13. The predicted molar refractivity (Wildman–Crippen MR) is 93.2 cm³/mol. The lowest BCUT2D eigenvalue weighted by Gasteiger charge is -2.09. The third kappa shape index (κ3) is 3.42. The second kappa shape index (κ2) is 6.56. The van der Waals surface area contributed by atoms with Crippen LogP contribution in [0.2, 0.25) is 0 Å². The SMILES string of the molecule is O=C1O[P+]2(N[C@H]1Cc1ccccc1)N[C@@H](Cc1ccccc1)C(=O)O2. The van der Waals surface area contributed by atoms with E-state index in [2.05, 4.69) is 10.2 Å². The van der Waals surface area contributed by atoms with Gasteiger partial charge in [0.05, 0.1) is 0 Å². The second-order valence-corrected chi connectivity index (χ2v) is 8.10. The first-order chi connectivity index (χ1) is 12.1. The van der Waals surface area contributed by atoms with E-state index < -0.39 is 32.0 Å². The molecule has 2 atom stereocenters. The van der Waals surface area contributed by atoms with Gasteiger partial charge in [-0.3, -0.25) is 0 Å². The van der Waals surface area contributed by atoms with Crippen molar-refractivity contribution in [1.29, 1.82) is 0 Å². The summed E-state index contributed by atoms with van der Waals surface area (Å²) in [6.45, 7) is 0. The number of carbonyl (C=O) groups is 2. The predicted octanol–water partition coefficient (Wildman–Crippen LogP) is 2.18. The Morgan fingerprint density at radius 2 is 1.12 bits per heavy atom. The largest absolute Gasteiger partial charge is 0.528 e. The van der Waals surface area contributed by atoms with Crippen LogP contribution in [0.3, 0.4) is 0 Å². The molecule has 2 aromatic carbocycles. The minimum atomic E-state index is -2.90. The zero-order valence-corrected chi connectivity index (χ0v) is 14.3. The van der Waals surface area contributed by atoms with Gasteiger partial charge in [-0.25, -0.2) is 18.6 Å². The highest BCUT2D eigenvalue weighted by molar-refractivity contribution is 7.64. The van der Waals surface area contributed by atoms with Crippen molar-refractivity contribution < 1.29 is 18.6 Å². The molecule has 2 N–H and O–H groups in total. The van der Waals surface area contributed by atoms with E-state index in [1.165, 1.54) is 0 Å². The van der Waals surface area contributed by atoms with Crippen molar-refractivity contribution in [2.24, 2.45) is 0 Å². The van der Waals surface area contributed by atoms with Gasteiger partial charge in [-0.05, 0) is 11.1 Å². The first kappa shape index (κ1) is 16.2. The minimum Gasteiger partial charge on any atom is -0.245 e. The molecule has 6 nitrogen and oxygen atoms in total. The fourth-order valence-electron chi connectivity index (χ4n) is 3.02. The summed E-state index contributed by atoms with van der Waals surface area (Å²) in [6.07, 6.45) is 0.980. The molecule has 25 heavy (non-hydrogen) atoms. The fraction of sp³-hybridized carbons (Fsp3) is 0.222. The summed E-state index contributed by atoms with van der Waals surface area (Å²) in [6, 6.07) is 18.3. The van der Waals surface area contributed by atoms with E-state index in [0.29, 0.717) is 12.8 Å². The lowest BCUT2D eigenvalue weighted by Crippen LogP contribution is -2.33. The Morgan fingerprint density at radius 3 is 1.52 bits per heavy atom. The van der Waals surface area contributed by atoms with Gasteiger partial charge in [0.2, 0.25) is 0 Å². The molecule has 4 rings (SSSR count). The molecule has 2 aromatic rings. The van der Waals surface area contributed by atoms with Gasteiger partial charge >= 0.3 is 20.0 Å². The second-order valence-electron chi connectivity index (χ2n) is 6.11. The summed E-state index contributed by atoms with van der Waals surface area (Å²) in [4.78, 5) is 24.4. The Balaban J connectivity index is 1.44. The maximum Gasteiger partial charge on any atom is 0.528 e. The summed E-state index contributed by atoms with van der Waals surface area (Å²) in [5.41, 5.74) is 2.03. The van der Waals surface area contributed by atoms with E-state index in [1.807, 2.05) is 60.7 Å². The van der Waals surface area contributed by atoms with Gasteiger partial charge in [0.15, 0.2) is 12.1 Å². The van der Waals surface area contributed by atoms with Crippen LogP contribution in [0.5, 0.6) is 0 Å².